The number of halogens is 1. The molecule has 0 aliphatic carbocycles. The first-order chi connectivity index (χ1) is 5.77. The molecule has 0 aliphatic rings. The number of nitrogens with one attached hydrogen (secondary N) is 1. The average molecular weight is 186 g/mol. The van der Waals surface area contributed by atoms with Gasteiger partial charge < -0.3 is 0 Å². The minimum Gasteiger partial charge on any atom is -0.263 e. The zero-order chi connectivity index (χ0) is 8.97. The fraction of sp³-hybridized carbons (Fsp3) is 0.143. The van der Waals surface area contributed by atoms with Gasteiger partial charge in [-0.1, -0.05) is 0 Å². The van der Waals surface area contributed by atoms with Crippen molar-refractivity contribution < 1.29 is 4.39 Å². The van der Waals surface area contributed by atoms with Crippen LogP contribution in [0.1, 0.15) is 0 Å². The fourth-order valence-electron chi connectivity index (χ4n) is 0.737. The summed E-state index contributed by atoms with van der Waals surface area (Å²) in [6.45, 7) is 0. The summed E-state index contributed by atoms with van der Waals surface area (Å²) in [4.78, 5) is 10.4. The first kappa shape index (κ1) is 9.15. The molecule has 0 amide bonds. The van der Waals surface area contributed by atoms with E-state index in [2.05, 4.69) is 9.90 Å². The molecule has 0 heterocycles. The monoisotopic (exact) mass is 186 g/mol. The quantitative estimate of drug-likeness (QED) is 0.582. The molecular weight excluding hydrogens is 179 g/mol. The summed E-state index contributed by atoms with van der Waals surface area (Å²) in [5, 5.41) is 2.70. The molecule has 0 spiro atoms. The van der Waals surface area contributed by atoms with Crippen LogP contribution in [0.3, 0.4) is 0 Å². The molecule has 3 nitrogen and oxygen atoms in total. The Labute approximate surface area is 73.5 Å². The molecule has 0 aromatic heterocycles. The summed E-state index contributed by atoms with van der Waals surface area (Å²) in [5.41, 5.74) is 0.231. The second-order valence-electron chi connectivity index (χ2n) is 2.01. The van der Waals surface area contributed by atoms with Gasteiger partial charge in [0.25, 0.3) is 0 Å². The Balaban J connectivity index is 2.99. The second kappa shape index (κ2) is 4.18. The zero-order valence-corrected chi connectivity index (χ0v) is 7.19. The number of hydrogen-bond donors (Lipinski definition) is 1. The van der Waals surface area contributed by atoms with Gasteiger partial charge in [-0.05, 0) is 42.4 Å². The Morgan fingerprint density at radius 3 is 2.92 bits per heavy atom. The average Bonchev–Trinajstić information content (AvgIpc) is 2.09. The summed E-state index contributed by atoms with van der Waals surface area (Å²) in [7, 11) is 1.67. The highest BCUT2D eigenvalue weighted by Crippen LogP contribution is 2.23. The largest absolute Gasteiger partial charge is 0.263 e. The Morgan fingerprint density at radius 1 is 1.58 bits per heavy atom. The molecule has 0 atom stereocenters. The normalized spacial score (nSPS) is 9.83. The number of benzene rings is 1. The lowest BCUT2D eigenvalue weighted by atomic mass is 10.3. The van der Waals surface area contributed by atoms with Crippen molar-refractivity contribution in [3.8, 4) is 0 Å². The molecule has 0 saturated heterocycles. The molecule has 1 aromatic rings. The molecule has 0 saturated carbocycles. The summed E-state index contributed by atoms with van der Waals surface area (Å²) < 4.78 is 15.6. The number of nitroso groups, excluding NO2 is 1. The van der Waals surface area contributed by atoms with Gasteiger partial charge in [-0.25, -0.2) is 4.39 Å². The van der Waals surface area contributed by atoms with Crippen molar-refractivity contribution in [2.24, 2.45) is 5.18 Å². The molecular formula is C7H7FN2OS. The molecule has 64 valence electrons. The van der Waals surface area contributed by atoms with E-state index in [1.165, 1.54) is 18.2 Å². The maximum atomic E-state index is 12.9. The Hall–Kier alpha value is -0.940. The van der Waals surface area contributed by atoms with Gasteiger partial charge in [0.05, 0.1) is 4.90 Å². The van der Waals surface area contributed by atoms with Crippen LogP contribution in [-0.2, 0) is 0 Å². The topological polar surface area (TPSA) is 41.5 Å². The molecule has 5 heteroatoms. The summed E-state index contributed by atoms with van der Waals surface area (Å²) in [6, 6.07) is 3.95. The molecule has 0 unspecified atom stereocenters. The van der Waals surface area contributed by atoms with Gasteiger partial charge in [0, 0.05) is 0 Å². The highest BCUT2D eigenvalue weighted by atomic mass is 32.2. The second-order valence-corrected chi connectivity index (χ2v) is 3.06. The molecule has 0 fully saturated rings. The van der Waals surface area contributed by atoms with Gasteiger partial charge in [0.15, 0.2) is 0 Å². The van der Waals surface area contributed by atoms with Crippen LogP contribution >= 0.6 is 11.9 Å². The van der Waals surface area contributed by atoms with Crippen molar-refractivity contribution in [3.05, 3.63) is 28.9 Å². The van der Waals surface area contributed by atoms with Crippen LogP contribution in [0, 0.1) is 10.7 Å². The lowest BCUT2D eigenvalue weighted by Gasteiger charge is -2.00. The minimum absolute atomic E-state index is 0.231. The van der Waals surface area contributed by atoms with E-state index in [4.69, 9.17) is 0 Å². The summed E-state index contributed by atoms with van der Waals surface area (Å²) >= 11 is 1.11. The summed E-state index contributed by atoms with van der Waals surface area (Å²) in [6.07, 6.45) is 0. The smallest absolute Gasteiger partial charge is 0.138 e. The van der Waals surface area contributed by atoms with Crippen molar-refractivity contribution in [3.63, 3.8) is 0 Å². The molecule has 0 radical (unpaired) electrons. The van der Waals surface area contributed by atoms with Gasteiger partial charge >= 0.3 is 0 Å². The van der Waals surface area contributed by atoms with Crippen LogP contribution < -0.4 is 4.72 Å². The molecule has 12 heavy (non-hydrogen) atoms. The highest BCUT2D eigenvalue weighted by Gasteiger charge is 2.03. The van der Waals surface area contributed by atoms with E-state index in [9.17, 15) is 9.30 Å². The van der Waals surface area contributed by atoms with Crippen LogP contribution in [0.4, 0.5) is 10.1 Å². The molecule has 0 aliphatic heterocycles. The third kappa shape index (κ3) is 2.02. The maximum Gasteiger partial charge on any atom is 0.138 e. The first-order valence-corrected chi connectivity index (χ1v) is 4.06. The number of nitrogens with zero attached hydrogens (tertiary/aromatic N) is 1. The minimum atomic E-state index is -0.359. The van der Waals surface area contributed by atoms with Gasteiger partial charge in [-0.3, -0.25) is 4.72 Å². The van der Waals surface area contributed by atoms with Gasteiger partial charge in [-0.2, -0.15) is 0 Å². The van der Waals surface area contributed by atoms with Crippen LogP contribution in [0.2, 0.25) is 0 Å². The Kier molecular flexibility index (Phi) is 3.19. The number of rotatable bonds is 3. The van der Waals surface area contributed by atoms with Crippen molar-refractivity contribution >= 4 is 17.6 Å². The van der Waals surface area contributed by atoms with Gasteiger partial charge in [0.1, 0.15) is 11.5 Å². The van der Waals surface area contributed by atoms with Gasteiger partial charge in [0.2, 0.25) is 0 Å². The van der Waals surface area contributed by atoms with E-state index in [0.29, 0.717) is 4.90 Å². The van der Waals surface area contributed by atoms with E-state index >= 15 is 0 Å². The van der Waals surface area contributed by atoms with Crippen molar-refractivity contribution in [1.82, 2.24) is 4.72 Å². The predicted molar refractivity (Wildman–Crippen MR) is 46.8 cm³/mol. The van der Waals surface area contributed by atoms with Crippen molar-refractivity contribution in [2.45, 2.75) is 4.90 Å². The van der Waals surface area contributed by atoms with Crippen molar-refractivity contribution in [1.29, 1.82) is 0 Å². The van der Waals surface area contributed by atoms with E-state index < -0.39 is 0 Å². The van der Waals surface area contributed by atoms with Crippen LogP contribution in [0.5, 0.6) is 0 Å². The third-order valence-corrected chi connectivity index (χ3v) is 1.97. The lowest BCUT2D eigenvalue weighted by Crippen LogP contribution is -1.92. The fourth-order valence-corrected chi connectivity index (χ4v) is 1.30. The standard InChI is InChI=1S/C7H7FN2OS/c1-9-12-7-4-5(10-11)2-3-6(7)8/h2-4,9H,1H3. The molecule has 1 aromatic carbocycles. The van der Waals surface area contributed by atoms with Crippen LogP contribution in [0.15, 0.2) is 28.3 Å². The Morgan fingerprint density at radius 2 is 2.33 bits per heavy atom. The van der Waals surface area contributed by atoms with Gasteiger partial charge in [-0.15, -0.1) is 4.91 Å². The zero-order valence-electron chi connectivity index (χ0n) is 6.37. The Bertz CT molecular complexity index is 293. The highest BCUT2D eigenvalue weighted by molar-refractivity contribution is 7.97. The van der Waals surface area contributed by atoms with E-state index in [-0.39, 0.29) is 11.5 Å². The third-order valence-electron chi connectivity index (χ3n) is 1.23. The van der Waals surface area contributed by atoms with Crippen molar-refractivity contribution in [2.75, 3.05) is 7.05 Å². The van der Waals surface area contributed by atoms with Crippen LogP contribution in [-0.4, -0.2) is 7.05 Å². The SMILES string of the molecule is CNSc1cc(N=O)ccc1F. The number of hydrogen-bond acceptors (Lipinski definition) is 4. The van der Waals surface area contributed by atoms with E-state index in [0.717, 1.165) is 11.9 Å². The maximum absolute atomic E-state index is 12.9. The molecule has 0 bridgehead atoms. The van der Waals surface area contributed by atoms with E-state index in [1.54, 1.807) is 7.05 Å². The summed E-state index contributed by atoms with van der Waals surface area (Å²) in [5.74, 6) is -0.359. The lowest BCUT2D eigenvalue weighted by molar-refractivity contribution is 0.602. The predicted octanol–water partition coefficient (Wildman–Crippen LogP) is 2.45. The molecule has 1 N–H and O–H groups in total. The van der Waals surface area contributed by atoms with E-state index in [1.807, 2.05) is 0 Å². The van der Waals surface area contributed by atoms with Crippen LogP contribution in [0.25, 0.3) is 0 Å². The molecule has 1 rings (SSSR count). The first-order valence-electron chi connectivity index (χ1n) is 3.24.